The van der Waals surface area contributed by atoms with Gasteiger partial charge in [0, 0.05) is 32.4 Å². The minimum Gasteiger partial charge on any atom is -0.453 e. The molecule has 1 aliphatic rings. The van der Waals surface area contributed by atoms with Gasteiger partial charge in [0.1, 0.15) is 0 Å². The Morgan fingerprint density at radius 2 is 1.88 bits per heavy atom. The summed E-state index contributed by atoms with van der Waals surface area (Å²) in [7, 11) is 3.18. The van der Waals surface area contributed by atoms with Crippen molar-refractivity contribution in [3.8, 4) is 0 Å². The van der Waals surface area contributed by atoms with Crippen molar-refractivity contribution in [3.63, 3.8) is 0 Å². The van der Waals surface area contributed by atoms with Gasteiger partial charge in [-0.25, -0.2) is 4.79 Å². The summed E-state index contributed by atoms with van der Waals surface area (Å²) in [5.74, 6) is 2.33. The van der Waals surface area contributed by atoms with Crippen molar-refractivity contribution in [2.75, 3.05) is 32.6 Å². The molecule has 1 heterocycles. The number of likely N-dealkylation sites (tertiary alicyclic amines) is 1. The highest BCUT2D eigenvalue weighted by Crippen LogP contribution is 2.21. The summed E-state index contributed by atoms with van der Waals surface area (Å²) in [6, 6.07) is 7.68. The molecule has 6 nitrogen and oxygen atoms in total. The van der Waals surface area contributed by atoms with E-state index in [0.29, 0.717) is 24.1 Å². The fourth-order valence-corrected chi connectivity index (χ4v) is 3.22. The van der Waals surface area contributed by atoms with Crippen molar-refractivity contribution in [3.05, 3.63) is 29.8 Å². The Hall–Kier alpha value is -2.24. The largest absolute Gasteiger partial charge is 0.453 e. The Morgan fingerprint density at radius 3 is 2.42 bits per heavy atom. The molecule has 1 aromatic carbocycles. The second kappa shape index (κ2) is 8.57. The first kappa shape index (κ1) is 18.1. The number of rotatable bonds is 3. The number of benzene rings is 1. The molecule has 1 aromatic rings. The van der Waals surface area contributed by atoms with Crippen LogP contribution in [0.25, 0.3) is 0 Å². The maximum Gasteiger partial charge on any atom is 0.411 e. The molecule has 1 fully saturated rings. The summed E-state index contributed by atoms with van der Waals surface area (Å²) in [5, 5.41) is 6.07. The molecule has 0 aliphatic carbocycles. The zero-order valence-electron chi connectivity index (χ0n) is 15.0. The van der Waals surface area contributed by atoms with Crippen LogP contribution in [0.2, 0.25) is 0 Å². The highest BCUT2D eigenvalue weighted by atomic mass is 16.5. The molecule has 0 bridgehead atoms. The van der Waals surface area contributed by atoms with E-state index >= 15 is 0 Å². The van der Waals surface area contributed by atoms with Crippen molar-refractivity contribution >= 4 is 17.7 Å². The van der Waals surface area contributed by atoms with Crippen LogP contribution in [0, 0.1) is 11.8 Å². The third-order valence-corrected chi connectivity index (χ3v) is 4.22. The number of carbonyl (C=O) groups is 1. The number of amides is 1. The van der Waals surface area contributed by atoms with E-state index in [1.54, 1.807) is 0 Å². The normalized spacial score (nSPS) is 21.3. The third kappa shape index (κ3) is 5.15. The molecule has 1 saturated heterocycles. The number of hydrogen-bond acceptors (Lipinski definition) is 3. The Kier molecular flexibility index (Phi) is 6.46. The van der Waals surface area contributed by atoms with Gasteiger partial charge in [-0.3, -0.25) is 10.3 Å². The second-order valence-electron chi connectivity index (χ2n) is 6.57. The molecule has 0 radical (unpaired) electrons. The Morgan fingerprint density at radius 1 is 1.25 bits per heavy atom. The number of nitrogens with one attached hydrogen (secondary N) is 2. The molecule has 1 amide bonds. The van der Waals surface area contributed by atoms with Crippen LogP contribution in [0.15, 0.2) is 29.3 Å². The summed E-state index contributed by atoms with van der Waals surface area (Å²) in [6.07, 6.45) is 0.817. The molecule has 132 valence electrons. The van der Waals surface area contributed by atoms with Gasteiger partial charge in [-0.15, -0.1) is 0 Å². The predicted octanol–water partition coefficient (Wildman–Crippen LogP) is 2.92. The first-order valence-electron chi connectivity index (χ1n) is 8.41. The van der Waals surface area contributed by atoms with Crippen LogP contribution < -0.4 is 10.6 Å². The quantitative estimate of drug-likeness (QED) is 0.660. The van der Waals surface area contributed by atoms with Crippen LogP contribution in [0.3, 0.4) is 0 Å². The third-order valence-electron chi connectivity index (χ3n) is 4.22. The van der Waals surface area contributed by atoms with E-state index in [4.69, 9.17) is 0 Å². The molecule has 0 aromatic heterocycles. The van der Waals surface area contributed by atoms with E-state index in [1.807, 2.05) is 31.3 Å². The van der Waals surface area contributed by atoms with Gasteiger partial charge in [-0.05, 0) is 36.0 Å². The van der Waals surface area contributed by atoms with Crippen LogP contribution in [0.4, 0.5) is 10.5 Å². The number of hydrogen-bond donors (Lipinski definition) is 2. The van der Waals surface area contributed by atoms with E-state index in [9.17, 15) is 4.79 Å². The SMILES string of the molecule is CN=C(NCc1ccc(NC(=O)OC)cc1)N1CC(C)CC(C)C1. The number of nitrogens with zero attached hydrogens (tertiary/aromatic N) is 2. The van der Waals surface area contributed by atoms with Crippen molar-refractivity contribution in [1.82, 2.24) is 10.2 Å². The topological polar surface area (TPSA) is 66.0 Å². The molecule has 2 unspecified atom stereocenters. The van der Waals surface area contributed by atoms with E-state index in [0.717, 1.165) is 24.6 Å². The van der Waals surface area contributed by atoms with Gasteiger partial charge in [0.2, 0.25) is 0 Å². The van der Waals surface area contributed by atoms with Crippen LogP contribution in [-0.2, 0) is 11.3 Å². The molecule has 6 heteroatoms. The molecule has 0 spiro atoms. The summed E-state index contributed by atoms with van der Waals surface area (Å²) < 4.78 is 4.58. The summed E-state index contributed by atoms with van der Waals surface area (Å²) in [6.45, 7) is 7.38. The number of carbonyl (C=O) groups excluding carboxylic acids is 1. The number of guanidine groups is 1. The summed E-state index contributed by atoms with van der Waals surface area (Å²) in [4.78, 5) is 17.9. The standard InChI is InChI=1S/C18H28N4O2/c1-13-9-14(2)12-22(11-13)17(19-3)20-10-15-5-7-16(8-6-15)21-18(23)24-4/h5-8,13-14H,9-12H2,1-4H3,(H,19,20)(H,21,23). The highest BCUT2D eigenvalue weighted by molar-refractivity contribution is 5.84. The van der Waals surface area contributed by atoms with Gasteiger partial charge in [0.05, 0.1) is 7.11 Å². The Bertz CT molecular complexity index is 561. The average Bonchev–Trinajstić information content (AvgIpc) is 2.56. The lowest BCUT2D eigenvalue weighted by molar-refractivity contribution is 0.187. The number of methoxy groups -OCH3 is 1. The van der Waals surface area contributed by atoms with E-state index in [-0.39, 0.29) is 0 Å². The smallest absolute Gasteiger partial charge is 0.411 e. The van der Waals surface area contributed by atoms with Gasteiger partial charge in [0.25, 0.3) is 0 Å². The highest BCUT2D eigenvalue weighted by Gasteiger charge is 2.23. The predicted molar refractivity (Wildman–Crippen MR) is 97.2 cm³/mol. The lowest BCUT2D eigenvalue weighted by Gasteiger charge is -2.37. The number of piperidine rings is 1. The molecule has 2 N–H and O–H groups in total. The molecule has 2 rings (SSSR count). The molecule has 24 heavy (non-hydrogen) atoms. The molecule has 1 aliphatic heterocycles. The second-order valence-corrected chi connectivity index (χ2v) is 6.57. The van der Waals surface area contributed by atoms with Crippen LogP contribution >= 0.6 is 0 Å². The molecular weight excluding hydrogens is 304 g/mol. The lowest BCUT2D eigenvalue weighted by atomic mass is 9.92. The molecular formula is C18H28N4O2. The number of ether oxygens (including phenoxy) is 1. The first-order chi connectivity index (χ1) is 11.5. The average molecular weight is 332 g/mol. The van der Waals surface area contributed by atoms with E-state index < -0.39 is 6.09 Å². The van der Waals surface area contributed by atoms with Crippen LogP contribution in [0.1, 0.15) is 25.8 Å². The monoisotopic (exact) mass is 332 g/mol. The van der Waals surface area contributed by atoms with Gasteiger partial charge in [-0.2, -0.15) is 0 Å². The maximum absolute atomic E-state index is 11.2. The first-order valence-corrected chi connectivity index (χ1v) is 8.41. The van der Waals surface area contributed by atoms with Gasteiger partial charge >= 0.3 is 6.09 Å². The van der Waals surface area contributed by atoms with Gasteiger partial charge in [0.15, 0.2) is 5.96 Å². The molecule has 0 saturated carbocycles. The Balaban J connectivity index is 1.90. The van der Waals surface area contributed by atoms with Crippen LogP contribution in [-0.4, -0.2) is 44.2 Å². The zero-order chi connectivity index (χ0) is 17.5. The van der Waals surface area contributed by atoms with Crippen LogP contribution in [0.5, 0.6) is 0 Å². The van der Waals surface area contributed by atoms with Crippen molar-refractivity contribution in [2.24, 2.45) is 16.8 Å². The number of anilines is 1. The van der Waals surface area contributed by atoms with Gasteiger partial charge < -0.3 is 15.0 Å². The zero-order valence-corrected chi connectivity index (χ0v) is 15.0. The van der Waals surface area contributed by atoms with Crippen molar-refractivity contribution in [1.29, 1.82) is 0 Å². The maximum atomic E-state index is 11.2. The Labute approximate surface area is 144 Å². The fraction of sp³-hybridized carbons (Fsp3) is 0.556. The lowest BCUT2D eigenvalue weighted by Crippen LogP contribution is -2.48. The number of aliphatic imine (C=N–C) groups is 1. The molecule has 2 atom stereocenters. The minimum absolute atomic E-state index is 0.463. The fourth-order valence-electron chi connectivity index (χ4n) is 3.22. The van der Waals surface area contributed by atoms with E-state index in [1.165, 1.54) is 13.5 Å². The van der Waals surface area contributed by atoms with E-state index in [2.05, 4.69) is 39.1 Å². The summed E-state index contributed by atoms with van der Waals surface area (Å²) >= 11 is 0. The van der Waals surface area contributed by atoms with Crippen molar-refractivity contribution in [2.45, 2.75) is 26.8 Å². The summed E-state index contributed by atoms with van der Waals surface area (Å²) in [5.41, 5.74) is 1.85. The van der Waals surface area contributed by atoms with Gasteiger partial charge in [-0.1, -0.05) is 26.0 Å². The van der Waals surface area contributed by atoms with Crippen molar-refractivity contribution < 1.29 is 9.53 Å². The minimum atomic E-state index is -0.463.